The Morgan fingerprint density at radius 1 is 0.972 bits per heavy atom. The van der Waals surface area contributed by atoms with E-state index >= 15 is 0 Å². The van der Waals surface area contributed by atoms with Crippen molar-refractivity contribution < 1.29 is 28.3 Å². The van der Waals surface area contributed by atoms with Crippen molar-refractivity contribution in [1.82, 2.24) is 4.90 Å². The largest absolute Gasteiger partial charge is 0.484 e. The van der Waals surface area contributed by atoms with E-state index in [9.17, 15) is 14.4 Å². The summed E-state index contributed by atoms with van der Waals surface area (Å²) < 4.78 is 16.0. The molecule has 2 N–H and O–H groups in total. The molecule has 1 fully saturated rings. The zero-order valence-corrected chi connectivity index (χ0v) is 19.9. The summed E-state index contributed by atoms with van der Waals surface area (Å²) in [6.07, 6.45) is 1.42. The van der Waals surface area contributed by atoms with Crippen LogP contribution in [0.2, 0.25) is 0 Å². The van der Waals surface area contributed by atoms with Crippen molar-refractivity contribution in [2.45, 2.75) is 0 Å². The first-order chi connectivity index (χ1) is 17.5. The van der Waals surface area contributed by atoms with Crippen molar-refractivity contribution in [2.75, 3.05) is 62.0 Å². The van der Waals surface area contributed by atoms with Crippen LogP contribution in [0.4, 0.5) is 17.1 Å². The fraction of sp³-hybridized carbons (Fsp3) is 0.269. The predicted octanol–water partition coefficient (Wildman–Crippen LogP) is 2.84. The number of amides is 3. The van der Waals surface area contributed by atoms with Gasteiger partial charge in [0.25, 0.3) is 11.8 Å². The van der Waals surface area contributed by atoms with E-state index in [0.717, 1.165) is 18.8 Å². The summed E-state index contributed by atoms with van der Waals surface area (Å²) in [5.41, 5.74) is 2.22. The van der Waals surface area contributed by atoms with Gasteiger partial charge in [-0.3, -0.25) is 14.4 Å². The van der Waals surface area contributed by atoms with Crippen LogP contribution in [-0.4, -0.2) is 69.1 Å². The normalized spacial score (nSPS) is 13.1. The van der Waals surface area contributed by atoms with Gasteiger partial charge in [0, 0.05) is 43.3 Å². The van der Waals surface area contributed by atoms with Crippen molar-refractivity contribution in [3.8, 4) is 5.75 Å². The van der Waals surface area contributed by atoms with Gasteiger partial charge in [0.1, 0.15) is 5.75 Å². The summed E-state index contributed by atoms with van der Waals surface area (Å²) in [4.78, 5) is 40.5. The highest BCUT2D eigenvalue weighted by molar-refractivity contribution is 6.02. The minimum Gasteiger partial charge on any atom is -0.484 e. The Kier molecular flexibility index (Phi) is 8.20. The van der Waals surface area contributed by atoms with Gasteiger partial charge >= 0.3 is 0 Å². The first-order valence-electron chi connectivity index (χ1n) is 11.5. The minimum atomic E-state index is -0.394. The van der Waals surface area contributed by atoms with Crippen LogP contribution in [0.5, 0.6) is 5.75 Å². The van der Waals surface area contributed by atoms with Gasteiger partial charge in [-0.15, -0.1) is 0 Å². The summed E-state index contributed by atoms with van der Waals surface area (Å²) in [5, 5.41) is 5.50. The number of ether oxygens (including phenoxy) is 2. The standard InChI is InChI=1S/C26H28N4O6/c1-29(17-24(31)27-19-7-9-21(10-8-19)30-11-14-34-15-12-30)25(32)18-36-22-5-2-4-20(16-22)28-26(33)23-6-3-13-35-23/h2-10,13,16H,11-12,14-15,17-18H2,1H3,(H,27,31)(H,28,33). The molecule has 0 unspecified atom stereocenters. The summed E-state index contributed by atoms with van der Waals surface area (Å²) in [6, 6.07) is 17.4. The number of furan rings is 1. The molecule has 1 aliphatic heterocycles. The molecular weight excluding hydrogens is 464 g/mol. The molecule has 0 aliphatic carbocycles. The van der Waals surface area contributed by atoms with Crippen LogP contribution in [0.25, 0.3) is 0 Å². The Morgan fingerprint density at radius 3 is 2.47 bits per heavy atom. The van der Waals surface area contributed by atoms with E-state index in [1.807, 2.05) is 24.3 Å². The summed E-state index contributed by atoms with van der Waals surface area (Å²) in [6.45, 7) is 2.71. The number of carbonyl (C=O) groups is 3. The number of hydrogen-bond acceptors (Lipinski definition) is 7. The van der Waals surface area contributed by atoms with E-state index in [1.54, 1.807) is 36.4 Å². The molecule has 0 atom stereocenters. The predicted molar refractivity (Wildman–Crippen MR) is 134 cm³/mol. The average Bonchev–Trinajstić information content (AvgIpc) is 3.44. The third-order valence-electron chi connectivity index (χ3n) is 5.53. The highest BCUT2D eigenvalue weighted by Crippen LogP contribution is 2.20. The van der Waals surface area contributed by atoms with Gasteiger partial charge in [0.15, 0.2) is 12.4 Å². The maximum Gasteiger partial charge on any atom is 0.291 e. The molecule has 1 saturated heterocycles. The molecule has 188 valence electrons. The number of anilines is 3. The highest BCUT2D eigenvalue weighted by atomic mass is 16.5. The third kappa shape index (κ3) is 6.86. The number of carbonyl (C=O) groups excluding carboxylic acids is 3. The molecule has 36 heavy (non-hydrogen) atoms. The zero-order valence-electron chi connectivity index (χ0n) is 19.9. The Morgan fingerprint density at radius 2 is 1.75 bits per heavy atom. The lowest BCUT2D eigenvalue weighted by Crippen LogP contribution is -2.37. The number of nitrogens with zero attached hydrogens (tertiary/aromatic N) is 2. The number of hydrogen-bond donors (Lipinski definition) is 2. The van der Waals surface area contributed by atoms with Gasteiger partial charge in [-0.05, 0) is 48.5 Å². The molecule has 2 aromatic carbocycles. The first kappa shape index (κ1) is 24.8. The molecule has 1 aromatic heterocycles. The molecule has 4 rings (SSSR count). The van der Waals surface area contributed by atoms with Crippen LogP contribution >= 0.6 is 0 Å². The van der Waals surface area contributed by atoms with E-state index in [-0.39, 0.29) is 30.7 Å². The molecule has 0 radical (unpaired) electrons. The maximum absolute atomic E-state index is 12.5. The number of morpholine rings is 1. The second kappa shape index (κ2) is 11.9. The second-order valence-corrected chi connectivity index (χ2v) is 8.19. The molecule has 1 aliphatic rings. The minimum absolute atomic E-state index is 0.118. The zero-order chi connectivity index (χ0) is 25.3. The molecule has 0 bridgehead atoms. The Bertz CT molecular complexity index is 1170. The molecular formula is C26H28N4O6. The summed E-state index contributed by atoms with van der Waals surface area (Å²) in [5.74, 6) is -0.483. The number of nitrogens with one attached hydrogen (secondary N) is 2. The monoisotopic (exact) mass is 492 g/mol. The van der Waals surface area contributed by atoms with E-state index in [1.165, 1.54) is 18.2 Å². The average molecular weight is 493 g/mol. The Labute approximate surface area is 208 Å². The van der Waals surface area contributed by atoms with Crippen molar-refractivity contribution >= 4 is 34.8 Å². The van der Waals surface area contributed by atoms with Crippen LogP contribution in [0.3, 0.4) is 0 Å². The number of rotatable bonds is 9. The summed E-state index contributed by atoms with van der Waals surface area (Å²) in [7, 11) is 1.53. The van der Waals surface area contributed by atoms with E-state index in [2.05, 4.69) is 15.5 Å². The highest BCUT2D eigenvalue weighted by Gasteiger charge is 2.15. The van der Waals surface area contributed by atoms with Crippen molar-refractivity contribution in [1.29, 1.82) is 0 Å². The van der Waals surface area contributed by atoms with Crippen molar-refractivity contribution in [3.63, 3.8) is 0 Å². The van der Waals surface area contributed by atoms with Gasteiger partial charge in [-0.1, -0.05) is 6.07 Å². The van der Waals surface area contributed by atoms with Crippen LogP contribution in [0, 0.1) is 0 Å². The van der Waals surface area contributed by atoms with Crippen molar-refractivity contribution in [3.05, 3.63) is 72.7 Å². The third-order valence-corrected chi connectivity index (χ3v) is 5.53. The van der Waals surface area contributed by atoms with Gasteiger partial charge in [-0.25, -0.2) is 0 Å². The molecule has 3 aromatic rings. The van der Waals surface area contributed by atoms with Gasteiger partial charge in [0.05, 0.1) is 26.0 Å². The fourth-order valence-corrected chi connectivity index (χ4v) is 3.60. The molecule has 2 heterocycles. The number of likely N-dealkylation sites (N-methyl/N-ethyl adjacent to an activating group) is 1. The van der Waals surface area contributed by atoms with E-state index in [0.29, 0.717) is 30.3 Å². The molecule has 10 nitrogen and oxygen atoms in total. The van der Waals surface area contributed by atoms with Crippen LogP contribution in [0.15, 0.2) is 71.3 Å². The molecule has 0 spiro atoms. The van der Waals surface area contributed by atoms with Crippen LogP contribution in [0.1, 0.15) is 10.6 Å². The SMILES string of the molecule is CN(CC(=O)Nc1ccc(N2CCOCC2)cc1)C(=O)COc1cccc(NC(=O)c2ccco2)c1. The Hall–Kier alpha value is -4.31. The quantitative estimate of drug-likeness (QED) is 0.472. The second-order valence-electron chi connectivity index (χ2n) is 8.19. The van der Waals surface area contributed by atoms with Crippen molar-refractivity contribution in [2.24, 2.45) is 0 Å². The van der Waals surface area contributed by atoms with Gasteiger partial charge < -0.3 is 34.3 Å². The van der Waals surface area contributed by atoms with Gasteiger partial charge in [0.2, 0.25) is 5.91 Å². The first-order valence-corrected chi connectivity index (χ1v) is 11.5. The molecule has 10 heteroatoms. The summed E-state index contributed by atoms with van der Waals surface area (Å²) >= 11 is 0. The topological polar surface area (TPSA) is 113 Å². The maximum atomic E-state index is 12.5. The lowest BCUT2D eigenvalue weighted by Gasteiger charge is -2.28. The Balaban J connectivity index is 1.22. The smallest absolute Gasteiger partial charge is 0.291 e. The fourth-order valence-electron chi connectivity index (χ4n) is 3.60. The number of benzene rings is 2. The van der Waals surface area contributed by atoms with Crippen LogP contribution in [-0.2, 0) is 14.3 Å². The lowest BCUT2D eigenvalue weighted by molar-refractivity contribution is -0.135. The van der Waals surface area contributed by atoms with Gasteiger partial charge in [-0.2, -0.15) is 0 Å². The van der Waals surface area contributed by atoms with E-state index in [4.69, 9.17) is 13.9 Å². The van der Waals surface area contributed by atoms with E-state index < -0.39 is 5.91 Å². The molecule has 3 amide bonds. The lowest BCUT2D eigenvalue weighted by atomic mass is 10.2. The molecule has 0 saturated carbocycles. The van der Waals surface area contributed by atoms with Crippen LogP contribution < -0.4 is 20.3 Å².